The molecule has 0 aliphatic carbocycles. The van der Waals surface area contributed by atoms with Gasteiger partial charge in [0.05, 0.1) is 19.1 Å². The SMILES string of the molecule is CC(COCC(C(F)(F)F)S(=O)(=O)O)C(F)(F)F. The molecule has 0 saturated carbocycles. The Kier molecular flexibility index (Phi) is 5.44. The average Bonchev–Trinajstić information content (AvgIpc) is 2.05. The molecule has 4 nitrogen and oxygen atoms in total. The normalized spacial score (nSPS) is 17.6. The van der Waals surface area contributed by atoms with Crippen molar-refractivity contribution in [2.24, 2.45) is 5.92 Å². The van der Waals surface area contributed by atoms with Gasteiger partial charge in [-0.25, -0.2) is 0 Å². The Morgan fingerprint density at radius 3 is 1.78 bits per heavy atom. The van der Waals surface area contributed by atoms with Crippen LogP contribution in [0.15, 0.2) is 0 Å². The van der Waals surface area contributed by atoms with Gasteiger partial charge in [-0.05, 0) is 0 Å². The van der Waals surface area contributed by atoms with E-state index < -0.39 is 46.9 Å². The molecule has 0 fully saturated rings. The van der Waals surface area contributed by atoms with Gasteiger partial charge in [0.1, 0.15) is 0 Å². The Labute approximate surface area is 98.7 Å². The second-order valence-electron chi connectivity index (χ2n) is 3.53. The molecule has 2 unspecified atom stereocenters. The van der Waals surface area contributed by atoms with Gasteiger partial charge in [0, 0.05) is 0 Å². The Hall–Kier alpha value is -0.550. The number of hydrogen-bond acceptors (Lipinski definition) is 3. The summed E-state index contributed by atoms with van der Waals surface area (Å²) in [4.78, 5) is 0. The first-order valence-electron chi connectivity index (χ1n) is 4.43. The summed E-state index contributed by atoms with van der Waals surface area (Å²) in [6.07, 6.45) is -9.99. The predicted octanol–water partition coefficient (Wildman–Crippen LogP) is 2.02. The van der Waals surface area contributed by atoms with Crippen molar-refractivity contribution in [3.8, 4) is 0 Å². The molecular formula is C7H10F6O4S. The fourth-order valence-corrected chi connectivity index (χ4v) is 1.40. The quantitative estimate of drug-likeness (QED) is 0.623. The first-order chi connectivity index (χ1) is 7.76. The number of alkyl halides is 6. The third-order valence-corrected chi connectivity index (χ3v) is 3.04. The van der Waals surface area contributed by atoms with E-state index in [9.17, 15) is 34.8 Å². The van der Waals surface area contributed by atoms with Crippen LogP contribution in [0.25, 0.3) is 0 Å². The van der Waals surface area contributed by atoms with Gasteiger partial charge in [-0.2, -0.15) is 34.8 Å². The summed E-state index contributed by atoms with van der Waals surface area (Å²) in [6.45, 7) is -2.07. The predicted molar refractivity (Wildman–Crippen MR) is 47.4 cm³/mol. The van der Waals surface area contributed by atoms with Crippen molar-refractivity contribution in [2.45, 2.75) is 24.5 Å². The van der Waals surface area contributed by atoms with E-state index in [1.54, 1.807) is 0 Å². The van der Waals surface area contributed by atoms with E-state index in [1.165, 1.54) is 0 Å². The fourth-order valence-electron chi connectivity index (χ4n) is 0.796. The van der Waals surface area contributed by atoms with E-state index in [0.717, 1.165) is 0 Å². The largest absolute Gasteiger partial charge is 0.410 e. The highest BCUT2D eigenvalue weighted by Crippen LogP contribution is 2.28. The molecule has 0 radical (unpaired) electrons. The van der Waals surface area contributed by atoms with E-state index in [4.69, 9.17) is 4.55 Å². The molecule has 1 N–H and O–H groups in total. The van der Waals surface area contributed by atoms with E-state index >= 15 is 0 Å². The first-order valence-corrected chi connectivity index (χ1v) is 5.94. The van der Waals surface area contributed by atoms with E-state index in [1.807, 2.05) is 0 Å². The van der Waals surface area contributed by atoms with Crippen LogP contribution in [0.5, 0.6) is 0 Å². The smallest absolute Gasteiger partial charge is 0.379 e. The van der Waals surface area contributed by atoms with Crippen LogP contribution in [-0.2, 0) is 14.9 Å². The fraction of sp³-hybridized carbons (Fsp3) is 1.00. The van der Waals surface area contributed by atoms with Gasteiger partial charge in [-0.3, -0.25) is 4.55 Å². The summed E-state index contributed by atoms with van der Waals surface area (Å²) in [7, 11) is -5.49. The molecule has 0 aromatic rings. The lowest BCUT2D eigenvalue weighted by atomic mass is 10.2. The molecule has 0 amide bonds. The highest BCUT2D eigenvalue weighted by Gasteiger charge is 2.48. The van der Waals surface area contributed by atoms with Gasteiger partial charge >= 0.3 is 12.4 Å². The van der Waals surface area contributed by atoms with Crippen molar-refractivity contribution in [3.63, 3.8) is 0 Å². The molecule has 0 aliphatic heterocycles. The van der Waals surface area contributed by atoms with E-state index in [2.05, 4.69) is 4.74 Å². The van der Waals surface area contributed by atoms with Crippen LogP contribution in [0, 0.1) is 5.92 Å². The zero-order valence-electron chi connectivity index (χ0n) is 8.92. The lowest BCUT2D eigenvalue weighted by Gasteiger charge is -2.19. The van der Waals surface area contributed by atoms with E-state index in [0.29, 0.717) is 6.92 Å². The molecule has 0 spiro atoms. The van der Waals surface area contributed by atoms with Crippen LogP contribution in [0.2, 0.25) is 0 Å². The summed E-state index contributed by atoms with van der Waals surface area (Å²) < 4.78 is 105. The van der Waals surface area contributed by atoms with Crippen molar-refractivity contribution in [1.82, 2.24) is 0 Å². The second-order valence-corrected chi connectivity index (χ2v) is 5.12. The zero-order valence-corrected chi connectivity index (χ0v) is 9.73. The Bertz CT molecular complexity index is 359. The number of ether oxygens (including phenoxy) is 1. The van der Waals surface area contributed by atoms with Crippen molar-refractivity contribution in [2.75, 3.05) is 13.2 Å². The van der Waals surface area contributed by atoms with Gasteiger partial charge in [-0.1, -0.05) is 6.92 Å². The van der Waals surface area contributed by atoms with Crippen LogP contribution < -0.4 is 0 Å². The third-order valence-electron chi connectivity index (χ3n) is 1.92. The van der Waals surface area contributed by atoms with Crippen molar-refractivity contribution >= 4 is 10.1 Å². The molecule has 2 atom stereocenters. The van der Waals surface area contributed by atoms with Crippen LogP contribution in [0.3, 0.4) is 0 Å². The van der Waals surface area contributed by atoms with E-state index in [-0.39, 0.29) is 0 Å². The Morgan fingerprint density at radius 2 is 1.50 bits per heavy atom. The summed E-state index contributed by atoms with van der Waals surface area (Å²) in [5.74, 6) is -2.05. The standard InChI is InChI=1S/C7H10F6O4S/c1-4(6(8,9)10)2-17-3-5(7(11,12)13)18(14,15)16/h4-5H,2-3H2,1H3,(H,14,15,16). The monoisotopic (exact) mass is 304 g/mol. The second kappa shape index (κ2) is 5.61. The molecule has 0 bridgehead atoms. The topological polar surface area (TPSA) is 63.6 Å². The number of halogens is 6. The molecule has 0 heterocycles. The minimum atomic E-state index is -5.49. The molecule has 0 saturated heterocycles. The van der Waals surface area contributed by atoms with Crippen molar-refractivity contribution < 1.29 is 44.0 Å². The van der Waals surface area contributed by atoms with Gasteiger partial charge in [-0.15, -0.1) is 0 Å². The minimum absolute atomic E-state index is 0.663. The molecule has 110 valence electrons. The van der Waals surface area contributed by atoms with Crippen LogP contribution in [0.1, 0.15) is 6.92 Å². The van der Waals surface area contributed by atoms with Crippen molar-refractivity contribution in [3.05, 3.63) is 0 Å². The Morgan fingerprint density at radius 1 is 1.06 bits per heavy atom. The summed E-state index contributed by atoms with van der Waals surface area (Å²) in [6, 6.07) is 0. The lowest BCUT2D eigenvalue weighted by molar-refractivity contribution is -0.187. The number of rotatable bonds is 5. The highest BCUT2D eigenvalue weighted by atomic mass is 32.2. The van der Waals surface area contributed by atoms with Crippen LogP contribution in [0.4, 0.5) is 26.3 Å². The highest BCUT2D eigenvalue weighted by molar-refractivity contribution is 7.86. The maximum Gasteiger partial charge on any atom is 0.410 e. The number of hydrogen-bond donors (Lipinski definition) is 1. The molecule has 18 heavy (non-hydrogen) atoms. The molecule has 0 aliphatic rings. The van der Waals surface area contributed by atoms with Gasteiger partial charge < -0.3 is 4.74 Å². The molecule has 0 aromatic carbocycles. The maximum absolute atomic E-state index is 12.1. The van der Waals surface area contributed by atoms with Gasteiger partial charge in [0.2, 0.25) is 5.25 Å². The van der Waals surface area contributed by atoms with Gasteiger partial charge in [0.25, 0.3) is 10.1 Å². The van der Waals surface area contributed by atoms with Gasteiger partial charge in [0.15, 0.2) is 0 Å². The first kappa shape index (κ1) is 17.4. The third kappa shape index (κ3) is 5.87. The molecule has 11 heteroatoms. The summed E-state index contributed by atoms with van der Waals surface area (Å²) in [5.41, 5.74) is 0. The maximum atomic E-state index is 12.1. The van der Waals surface area contributed by atoms with Crippen molar-refractivity contribution in [1.29, 1.82) is 0 Å². The summed E-state index contributed by atoms with van der Waals surface area (Å²) >= 11 is 0. The van der Waals surface area contributed by atoms with Crippen LogP contribution in [-0.4, -0.2) is 43.8 Å². The Balaban J connectivity index is 4.50. The molecule has 0 aromatic heterocycles. The minimum Gasteiger partial charge on any atom is -0.379 e. The average molecular weight is 304 g/mol. The zero-order chi connectivity index (χ0) is 14.8. The lowest BCUT2D eigenvalue weighted by Crippen LogP contribution is -2.41. The molecule has 0 rings (SSSR count). The molecular weight excluding hydrogens is 294 g/mol. The van der Waals surface area contributed by atoms with Crippen LogP contribution >= 0.6 is 0 Å². The summed E-state index contributed by atoms with van der Waals surface area (Å²) in [5, 5.41) is -3.26.